The summed E-state index contributed by atoms with van der Waals surface area (Å²) in [5.74, 6) is -0.357. The average Bonchev–Trinajstić information content (AvgIpc) is 3.03. The van der Waals surface area contributed by atoms with Crippen LogP contribution in [0.2, 0.25) is 5.02 Å². The van der Waals surface area contributed by atoms with Crippen molar-refractivity contribution in [1.82, 2.24) is 4.98 Å². The van der Waals surface area contributed by atoms with E-state index in [9.17, 15) is 14.9 Å². The first-order chi connectivity index (χ1) is 11.9. The van der Waals surface area contributed by atoms with E-state index in [1.165, 1.54) is 23.5 Å². The molecule has 2 aromatic carbocycles. The smallest absolute Gasteiger partial charge is 0.270 e. The van der Waals surface area contributed by atoms with Crippen LogP contribution in [0.1, 0.15) is 15.9 Å². The number of thiazole rings is 1. The molecule has 0 bridgehead atoms. The van der Waals surface area contributed by atoms with E-state index in [-0.39, 0.29) is 11.6 Å². The molecule has 0 spiro atoms. The average molecular weight is 374 g/mol. The zero-order valence-electron chi connectivity index (χ0n) is 13.0. The van der Waals surface area contributed by atoms with Gasteiger partial charge in [0.05, 0.1) is 21.2 Å². The summed E-state index contributed by atoms with van der Waals surface area (Å²) < 4.78 is 0. The molecule has 0 aliphatic heterocycles. The van der Waals surface area contributed by atoms with Crippen molar-refractivity contribution >= 4 is 39.7 Å². The maximum absolute atomic E-state index is 12.3. The third kappa shape index (κ3) is 3.84. The van der Waals surface area contributed by atoms with Crippen LogP contribution in [0.25, 0.3) is 11.3 Å². The number of carbonyl (C=O) groups excluding carboxylic acids is 1. The Kier molecular flexibility index (Phi) is 4.78. The minimum atomic E-state index is -0.460. The number of aromatic nitrogens is 1. The van der Waals surface area contributed by atoms with Gasteiger partial charge in [0.2, 0.25) is 0 Å². The summed E-state index contributed by atoms with van der Waals surface area (Å²) in [6.07, 6.45) is 0. The molecular formula is C17H12ClN3O3S. The lowest BCUT2D eigenvalue weighted by molar-refractivity contribution is -0.384. The topological polar surface area (TPSA) is 85.1 Å². The van der Waals surface area contributed by atoms with Crippen molar-refractivity contribution in [3.63, 3.8) is 0 Å². The van der Waals surface area contributed by atoms with E-state index < -0.39 is 4.92 Å². The van der Waals surface area contributed by atoms with Gasteiger partial charge in [0.25, 0.3) is 11.6 Å². The van der Waals surface area contributed by atoms with Gasteiger partial charge in [0, 0.05) is 23.1 Å². The Balaban J connectivity index is 1.81. The summed E-state index contributed by atoms with van der Waals surface area (Å²) in [4.78, 5) is 27.0. The van der Waals surface area contributed by atoms with Gasteiger partial charge in [0.15, 0.2) is 5.13 Å². The molecule has 3 aromatic rings. The molecule has 126 valence electrons. The zero-order valence-corrected chi connectivity index (χ0v) is 14.6. The van der Waals surface area contributed by atoms with Crippen LogP contribution >= 0.6 is 22.9 Å². The number of aryl methyl sites for hydroxylation is 1. The van der Waals surface area contributed by atoms with Crippen LogP contribution in [0.4, 0.5) is 10.8 Å². The quantitative estimate of drug-likeness (QED) is 0.518. The fourth-order valence-electron chi connectivity index (χ4n) is 2.21. The van der Waals surface area contributed by atoms with Gasteiger partial charge in [-0.15, -0.1) is 11.3 Å². The van der Waals surface area contributed by atoms with Crippen LogP contribution in [0, 0.1) is 17.0 Å². The van der Waals surface area contributed by atoms with E-state index in [2.05, 4.69) is 10.3 Å². The SMILES string of the molecule is Cc1ccc(C(=O)Nc2nc(-c3cccc([N+](=O)[O-])c3)cs2)c(Cl)c1. The lowest BCUT2D eigenvalue weighted by Crippen LogP contribution is -2.12. The third-order valence-corrected chi connectivity index (χ3v) is 4.52. The predicted molar refractivity (Wildman–Crippen MR) is 98.3 cm³/mol. The first-order valence-corrected chi connectivity index (χ1v) is 8.47. The van der Waals surface area contributed by atoms with Crippen LogP contribution < -0.4 is 5.32 Å². The number of nitrogens with zero attached hydrogens (tertiary/aromatic N) is 2. The van der Waals surface area contributed by atoms with Gasteiger partial charge in [-0.3, -0.25) is 20.2 Å². The second kappa shape index (κ2) is 7.00. The summed E-state index contributed by atoms with van der Waals surface area (Å²) in [6.45, 7) is 1.89. The summed E-state index contributed by atoms with van der Waals surface area (Å²) in [5, 5.41) is 16.1. The first kappa shape index (κ1) is 17.1. The molecule has 0 aliphatic carbocycles. The molecule has 3 rings (SSSR count). The fourth-order valence-corrected chi connectivity index (χ4v) is 3.25. The van der Waals surface area contributed by atoms with E-state index >= 15 is 0 Å². The van der Waals surface area contributed by atoms with Gasteiger partial charge in [-0.05, 0) is 24.6 Å². The number of hydrogen-bond donors (Lipinski definition) is 1. The molecule has 0 radical (unpaired) electrons. The molecule has 25 heavy (non-hydrogen) atoms. The highest BCUT2D eigenvalue weighted by Crippen LogP contribution is 2.28. The van der Waals surface area contributed by atoms with Crippen molar-refractivity contribution in [2.45, 2.75) is 6.92 Å². The van der Waals surface area contributed by atoms with Crippen LogP contribution in [0.3, 0.4) is 0 Å². The number of anilines is 1. The van der Waals surface area contributed by atoms with E-state index in [1.54, 1.807) is 35.7 Å². The Morgan fingerprint density at radius 2 is 2.08 bits per heavy atom. The molecular weight excluding hydrogens is 362 g/mol. The van der Waals surface area contributed by atoms with E-state index in [0.717, 1.165) is 5.56 Å². The number of nitro groups is 1. The normalized spacial score (nSPS) is 10.5. The van der Waals surface area contributed by atoms with Crippen molar-refractivity contribution in [3.8, 4) is 11.3 Å². The Hall–Kier alpha value is -2.77. The second-order valence-electron chi connectivity index (χ2n) is 5.28. The zero-order chi connectivity index (χ0) is 18.0. The van der Waals surface area contributed by atoms with Gasteiger partial charge in [-0.25, -0.2) is 4.98 Å². The lowest BCUT2D eigenvalue weighted by atomic mass is 10.1. The third-order valence-electron chi connectivity index (χ3n) is 3.45. The van der Waals surface area contributed by atoms with Crippen molar-refractivity contribution < 1.29 is 9.72 Å². The number of hydrogen-bond acceptors (Lipinski definition) is 5. The Morgan fingerprint density at radius 1 is 1.28 bits per heavy atom. The largest absolute Gasteiger partial charge is 0.298 e. The number of benzene rings is 2. The second-order valence-corrected chi connectivity index (χ2v) is 6.55. The van der Waals surface area contributed by atoms with E-state index in [0.29, 0.717) is 27.0 Å². The number of halogens is 1. The van der Waals surface area contributed by atoms with E-state index in [1.807, 2.05) is 6.92 Å². The summed E-state index contributed by atoms with van der Waals surface area (Å²) in [6, 6.07) is 11.4. The number of carbonyl (C=O) groups is 1. The number of nitro benzene ring substituents is 1. The Bertz CT molecular complexity index is 971. The first-order valence-electron chi connectivity index (χ1n) is 7.22. The van der Waals surface area contributed by atoms with Crippen LogP contribution in [0.5, 0.6) is 0 Å². The van der Waals surface area contributed by atoms with E-state index in [4.69, 9.17) is 11.6 Å². The summed E-state index contributed by atoms with van der Waals surface area (Å²) >= 11 is 7.33. The molecule has 1 heterocycles. The van der Waals surface area contributed by atoms with Crippen LogP contribution in [-0.2, 0) is 0 Å². The van der Waals surface area contributed by atoms with Crippen LogP contribution in [-0.4, -0.2) is 15.8 Å². The molecule has 0 atom stereocenters. The van der Waals surface area contributed by atoms with Crippen molar-refractivity contribution in [2.75, 3.05) is 5.32 Å². The molecule has 1 aromatic heterocycles. The van der Waals surface area contributed by atoms with Gasteiger partial charge in [-0.1, -0.05) is 29.8 Å². The number of nitrogens with one attached hydrogen (secondary N) is 1. The lowest BCUT2D eigenvalue weighted by Gasteiger charge is -2.04. The monoisotopic (exact) mass is 373 g/mol. The molecule has 1 amide bonds. The van der Waals surface area contributed by atoms with Crippen molar-refractivity contribution in [1.29, 1.82) is 0 Å². The van der Waals surface area contributed by atoms with Crippen molar-refractivity contribution in [3.05, 3.63) is 74.1 Å². The standard InChI is InChI=1S/C17H12ClN3O3S/c1-10-5-6-13(14(18)7-10)16(22)20-17-19-15(9-25-17)11-3-2-4-12(8-11)21(23)24/h2-9H,1H3,(H,19,20,22). The summed E-state index contributed by atoms with van der Waals surface area (Å²) in [5.41, 5.74) is 2.48. The molecule has 8 heteroatoms. The Labute approximate surface area is 152 Å². The molecule has 1 N–H and O–H groups in total. The Morgan fingerprint density at radius 3 is 2.80 bits per heavy atom. The van der Waals surface area contributed by atoms with Gasteiger partial charge >= 0.3 is 0 Å². The number of amides is 1. The molecule has 0 saturated carbocycles. The van der Waals surface area contributed by atoms with Gasteiger partial charge < -0.3 is 0 Å². The number of rotatable bonds is 4. The fraction of sp³-hybridized carbons (Fsp3) is 0.0588. The van der Waals surface area contributed by atoms with Crippen LogP contribution in [0.15, 0.2) is 47.8 Å². The van der Waals surface area contributed by atoms with Gasteiger partial charge in [-0.2, -0.15) is 0 Å². The highest BCUT2D eigenvalue weighted by molar-refractivity contribution is 7.14. The van der Waals surface area contributed by atoms with Crippen molar-refractivity contribution in [2.24, 2.45) is 0 Å². The maximum Gasteiger partial charge on any atom is 0.270 e. The highest BCUT2D eigenvalue weighted by Gasteiger charge is 2.14. The molecule has 6 nitrogen and oxygen atoms in total. The molecule has 0 fully saturated rings. The molecule has 0 aliphatic rings. The van der Waals surface area contributed by atoms with Gasteiger partial charge in [0.1, 0.15) is 0 Å². The predicted octanol–water partition coefficient (Wildman–Crippen LogP) is 4.93. The highest BCUT2D eigenvalue weighted by atomic mass is 35.5. The minimum Gasteiger partial charge on any atom is -0.298 e. The number of non-ortho nitro benzene ring substituents is 1. The molecule has 0 saturated heterocycles. The molecule has 0 unspecified atom stereocenters. The summed E-state index contributed by atoms with van der Waals surface area (Å²) in [7, 11) is 0. The minimum absolute atomic E-state index is 0.0116. The maximum atomic E-state index is 12.3.